The van der Waals surface area contributed by atoms with Gasteiger partial charge in [0.05, 0.1) is 12.2 Å². The molecule has 0 saturated carbocycles. The predicted octanol–water partition coefficient (Wildman–Crippen LogP) is 2.83. The van der Waals surface area contributed by atoms with Gasteiger partial charge in [-0.25, -0.2) is 9.97 Å². The van der Waals surface area contributed by atoms with Gasteiger partial charge >= 0.3 is 0 Å². The van der Waals surface area contributed by atoms with Crippen molar-refractivity contribution in [3.8, 4) is 5.75 Å². The Hall–Kier alpha value is -2.83. The third-order valence-electron chi connectivity index (χ3n) is 5.63. The van der Waals surface area contributed by atoms with Crippen LogP contribution in [0.15, 0.2) is 36.7 Å². The van der Waals surface area contributed by atoms with E-state index in [0.717, 1.165) is 37.8 Å². The third kappa shape index (κ3) is 4.44. The number of aromatic nitrogens is 2. The summed E-state index contributed by atoms with van der Waals surface area (Å²) in [5.74, 6) is 2.65. The van der Waals surface area contributed by atoms with E-state index in [9.17, 15) is 4.79 Å². The van der Waals surface area contributed by atoms with Crippen molar-refractivity contribution in [2.75, 3.05) is 55.7 Å². The molecular formula is C22H29N5O2. The summed E-state index contributed by atoms with van der Waals surface area (Å²) >= 11 is 0. The number of rotatable bonds is 5. The van der Waals surface area contributed by atoms with Crippen molar-refractivity contribution in [3.63, 3.8) is 0 Å². The number of carbonyl (C=O) groups excluding carboxylic acids is 1. The zero-order chi connectivity index (χ0) is 20.1. The Kier molecular flexibility index (Phi) is 6.12. The van der Waals surface area contributed by atoms with Crippen LogP contribution in [0, 0.1) is 0 Å². The average molecular weight is 396 g/mol. The summed E-state index contributed by atoms with van der Waals surface area (Å²) in [4.78, 5) is 28.5. The first kappa shape index (κ1) is 19.5. The summed E-state index contributed by atoms with van der Waals surface area (Å²) in [7, 11) is 0. The molecular weight excluding hydrogens is 366 g/mol. The Bertz CT molecular complexity index is 829. The number of ether oxygens (including phenoxy) is 1. The standard InChI is InChI=1S/C22H29N5O2/c1-2-29-19-9-5-4-8-18(19)22(28)27-14-12-26(13-15-27)21-16-20(23-17-24-21)25-10-6-3-7-11-25/h4-5,8-9,16-17H,2-3,6-7,10-15H2,1H3. The van der Waals surface area contributed by atoms with Crippen molar-refractivity contribution in [1.29, 1.82) is 0 Å². The van der Waals surface area contributed by atoms with E-state index in [1.807, 2.05) is 36.1 Å². The molecule has 29 heavy (non-hydrogen) atoms. The maximum atomic E-state index is 13.0. The van der Waals surface area contributed by atoms with Crippen molar-refractivity contribution in [1.82, 2.24) is 14.9 Å². The number of nitrogens with zero attached hydrogens (tertiary/aromatic N) is 5. The minimum Gasteiger partial charge on any atom is -0.493 e. The number of hydrogen-bond donors (Lipinski definition) is 0. The molecule has 1 amide bonds. The highest BCUT2D eigenvalue weighted by molar-refractivity contribution is 5.97. The minimum atomic E-state index is 0.0328. The molecule has 2 aromatic rings. The van der Waals surface area contributed by atoms with Gasteiger partial charge in [0, 0.05) is 45.3 Å². The highest BCUT2D eigenvalue weighted by Crippen LogP contribution is 2.24. The molecule has 2 saturated heterocycles. The molecule has 154 valence electrons. The van der Waals surface area contributed by atoms with E-state index in [0.29, 0.717) is 31.0 Å². The first-order valence-corrected chi connectivity index (χ1v) is 10.6. The van der Waals surface area contributed by atoms with Crippen LogP contribution in [0.25, 0.3) is 0 Å². The lowest BCUT2D eigenvalue weighted by Crippen LogP contribution is -2.49. The molecule has 3 heterocycles. The molecule has 0 aliphatic carbocycles. The second-order valence-electron chi connectivity index (χ2n) is 7.49. The van der Waals surface area contributed by atoms with Gasteiger partial charge in [0.2, 0.25) is 0 Å². The highest BCUT2D eigenvalue weighted by Gasteiger charge is 2.25. The summed E-state index contributed by atoms with van der Waals surface area (Å²) in [6, 6.07) is 9.57. The molecule has 0 bridgehead atoms. The molecule has 0 N–H and O–H groups in total. The van der Waals surface area contributed by atoms with Gasteiger partial charge in [-0.1, -0.05) is 12.1 Å². The van der Waals surface area contributed by atoms with Crippen LogP contribution in [0.1, 0.15) is 36.5 Å². The average Bonchev–Trinajstić information content (AvgIpc) is 2.80. The second kappa shape index (κ2) is 9.11. The van der Waals surface area contributed by atoms with Crippen LogP contribution in [-0.4, -0.2) is 66.7 Å². The summed E-state index contributed by atoms with van der Waals surface area (Å²) in [5.41, 5.74) is 0.636. The van der Waals surface area contributed by atoms with Crippen molar-refractivity contribution in [2.45, 2.75) is 26.2 Å². The number of hydrogen-bond acceptors (Lipinski definition) is 6. The van der Waals surface area contributed by atoms with Gasteiger partial charge in [-0.3, -0.25) is 4.79 Å². The Labute approximate surface area is 172 Å². The number of anilines is 2. The number of amides is 1. The molecule has 7 heteroatoms. The molecule has 0 radical (unpaired) electrons. The second-order valence-corrected chi connectivity index (χ2v) is 7.49. The summed E-state index contributed by atoms with van der Waals surface area (Å²) in [5, 5.41) is 0. The fraction of sp³-hybridized carbons (Fsp3) is 0.500. The maximum absolute atomic E-state index is 13.0. The van der Waals surface area contributed by atoms with Crippen LogP contribution in [0.4, 0.5) is 11.6 Å². The lowest BCUT2D eigenvalue weighted by molar-refractivity contribution is 0.0742. The summed E-state index contributed by atoms with van der Waals surface area (Å²) in [6.45, 7) is 7.48. The van der Waals surface area contributed by atoms with E-state index in [1.165, 1.54) is 19.3 Å². The van der Waals surface area contributed by atoms with Crippen LogP contribution in [-0.2, 0) is 0 Å². The molecule has 0 atom stereocenters. The zero-order valence-electron chi connectivity index (χ0n) is 17.1. The van der Waals surface area contributed by atoms with Gasteiger partial charge in [-0.15, -0.1) is 0 Å². The largest absolute Gasteiger partial charge is 0.493 e. The fourth-order valence-electron chi connectivity index (χ4n) is 4.04. The number of benzene rings is 1. The smallest absolute Gasteiger partial charge is 0.257 e. The van der Waals surface area contributed by atoms with E-state index in [2.05, 4.69) is 25.8 Å². The SMILES string of the molecule is CCOc1ccccc1C(=O)N1CCN(c2cc(N3CCCCC3)ncn2)CC1. The van der Waals surface area contributed by atoms with Crippen molar-refractivity contribution in [3.05, 3.63) is 42.2 Å². The number of carbonyl (C=O) groups is 1. The maximum Gasteiger partial charge on any atom is 0.257 e. The van der Waals surface area contributed by atoms with Gasteiger partial charge in [0.25, 0.3) is 5.91 Å². The fourth-order valence-corrected chi connectivity index (χ4v) is 4.04. The van der Waals surface area contributed by atoms with Gasteiger partial charge < -0.3 is 19.4 Å². The molecule has 4 rings (SSSR count). The van der Waals surface area contributed by atoms with Crippen LogP contribution < -0.4 is 14.5 Å². The van der Waals surface area contributed by atoms with Gasteiger partial charge in [0.1, 0.15) is 23.7 Å². The molecule has 0 spiro atoms. The van der Waals surface area contributed by atoms with Crippen molar-refractivity contribution in [2.24, 2.45) is 0 Å². The Morgan fingerprint density at radius 1 is 0.931 bits per heavy atom. The van der Waals surface area contributed by atoms with Crippen LogP contribution in [0.3, 0.4) is 0 Å². The lowest BCUT2D eigenvalue weighted by atomic mass is 10.1. The highest BCUT2D eigenvalue weighted by atomic mass is 16.5. The number of para-hydroxylation sites is 1. The van der Waals surface area contributed by atoms with E-state index < -0.39 is 0 Å². The van der Waals surface area contributed by atoms with E-state index in [-0.39, 0.29) is 5.91 Å². The zero-order valence-corrected chi connectivity index (χ0v) is 17.1. The lowest BCUT2D eigenvalue weighted by Gasteiger charge is -2.36. The Morgan fingerprint density at radius 3 is 2.28 bits per heavy atom. The molecule has 0 unspecified atom stereocenters. The first-order valence-electron chi connectivity index (χ1n) is 10.6. The summed E-state index contributed by atoms with van der Waals surface area (Å²) < 4.78 is 5.63. The van der Waals surface area contributed by atoms with Gasteiger partial charge in [-0.05, 0) is 38.3 Å². The molecule has 2 aliphatic heterocycles. The topological polar surface area (TPSA) is 61.8 Å². The van der Waals surface area contributed by atoms with Gasteiger partial charge in [0.15, 0.2) is 0 Å². The van der Waals surface area contributed by atoms with E-state index in [1.54, 1.807) is 6.33 Å². The summed E-state index contributed by atoms with van der Waals surface area (Å²) in [6.07, 6.45) is 5.42. The molecule has 2 aliphatic rings. The van der Waals surface area contributed by atoms with E-state index in [4.69, 9.17) is 4.74 Å². The molecule has 7 nitrogen and oxygen atoms in total. The van der Waals surface area contributed by atoms with Gasteiger partial charge in [-0.2, -0.15) is 0 Å². The van der Waals surface area contributed by atoms with E-state index >= 15 is 0 Å². The Morgan fingerprint density at radius 2 is 1.59 bits per heavy atom. The quantitative estimate of drug-likeness (QED) is 0.776. The van der Waals surface area contributed by atoms with Crippen molar-refractivity contribution >= 4 is 17.5 Å². The van der Waals surface area contributed by atoms with Crippen molar-refractivity contribution < 1.29 is 9.53 Å². The Balaban J connectivity index is 1.40. The van der Waals surface area contributed by atoms with Crippen LogP contribution in [0.5, 0.6) is 5.75 Å². The molecule has 1 aromatic heterocycles. The first-order chi connectivity index (χ1) is 14.3. The minimum absolute atomic E-state index is 0.0328. The normalized spacial score (nSPS) is 17.3. The number of piperazine rings is 1. The molecule has 2 fully saturated rings. The molecule has 1 aromatic carbocycles. The number of piperidine rings is 1. The predicted molar refractivity (Wildman–Crippen MR) is 114 cm³/mol. The monoisotopic (exact) mass is 395 g/mol. The van der Waals surface area contributed by atoms with Crippen LogP contribution in [0.2, 0.25) is 0 Å². The third-order valence-corrected chi connectivity index (χ3v) is 5.63. The van der Waals surface area contributed by atoms with Crippen LogP contribution >= 0.6 is 0 Å².